The highest BCUT2D eigenvalue weighted by Crippen LogP contribution is 2.26. The number of methoxy groups -OCH3 is 1. The van der Waals surface area contributed by atoms with Crippen molar-refractivity contribution in [2.24, 2.45) is 4.99 Å². The number of ether oxygens (including phenoxy) is 1. The molecule has 0 aromatic heterocycles. The van der Waals surface area contributed by atoms with Crippen molar-refractivity contribution in [1.82, 2.24) is 10.6 Å². The first-order valence-corrected chi connectivity index (χ1v) is 7.88. The number of nitrogens with zero attached hydrogens (tertiary/aromatic N) is 2. The van der Waals surface area contributed by atoms with Gasteiger partial charge in [0.05, 0.1) is 13.2 Å². The molecule has 1 aliphatic rings. The molecule has 0 saturated carbocycles. The van der Waals surface area contributed by atoms with Gasteiger partial charge >= 0.3 is 0 Å². The van der Waals surface area contributed by atoms with Gasteiger partial charge in [-0.2, -0.15) is 0 Å². The van der Waals surface area contributed by atoms with Crippen LogP contribution < -0.4 is 15.5 Å². The Morgan fingerprint density at radius 1 is 1.38 bits per heavy atom. The number of hydrogen-bond acceptors (Lipinski definition) is 3. The molecule has 24 heavy (non-hydrogen) atoms. The van der Waals surface area contributed by atoms with E-state index in [0.29, 0.717) is 32.2 Å². The molecule has 2 N–H and O–H groups in total. The standard InChI is InChI=1S/C16H24F2N4O.HI/c1-3-19-16(20-8-10-23-2)21-12-7-9-22(11-12)15-13(17)5-4-6-14(15)18;/h4-6,12H,3,7-11H2,1-2H3,(H2,19,20,21);1H. The molecular formula is C16H25F2IN4O. The van der Waals surface area contributed by atoms with Crippen LogP contribution in [0.4, 0.5) is 14.5 Å². The Balaban J connectivity index is 0.00000288. The van der Waals surface area contributed by atoms with E-state index in [-0.39, 0.29) is 35.7 Å². The lowest BCUT2D eigenvalue weighted by Crippen LogP contribution is -2.44. The molecule has 0 amide bonds. The quantitative estimate of drug-likeness (QED) is 0.300. The SMILES string of the molecule is CCNC(=NCCOC)NC1CCN(c2c(F)cccc2F)C1.I. The van der Waals surface area contributed by atoms with Crippen LogP contribution in [0, 0.1) is 11.6 Å². The van der Waals surface area contributed by atoms with Gasteiger partial charge in [-0.15, -0.1) is 24.0 Å². The van der Waals surface area contributed by atoms with Crippen molar-refractivity contribution in [2.45, 2.75) is 19.4 Å². The number of aliphatic imine (C=N–C) groups is 1. The lowest BCUT2D eigenvalue weighted by molar-refractivity contribution is 0.208. The topological polar surface area (TPSA) is 48.9 Å². The summed E-state index contributed by atoms with van der Waals surface area (Å²) in [5, 5.41) is 6.47. The smallest absolute Gasteiger partial charge is 0.191 e. The molecule has 1 aromatic rings. The normalized spacial score (nSPS) is 17.6. The highest BCUT2D eigenvalue weighted by Gasteiger charge is 2.27. The predicted molar refractivity (Wildman–Crippen MR) is 103 cm³/mol. The Kier molecular flexibility index (Phi) is 9.27. The van der Waals surface area contributed by atoms with Crippen molar-refractivity contribution >= 4 is 35.6 Å². The summed E-state index contributed by atoms with van der Waals surface area (Å²) in [7, 11) is 1.63. The Hall–Kier alpha value is -1.16. The maximum absolute atomic E-state index is 13.9. The summed E-state index contributed by atoms with van der Waals surface area (Å²) >= 11 is 0. The molecule has 1 aromatic carbocycles. The van der Waals surface area contributed by atoms with Crippen molar-refractivity contribution in [1.29, 1.82) is 0 Å². The molecule has 2 rings (SSSR count). The number of para-hydroxylation sites is 1. The summed E-state index contributed by atoms with van der Waals surface area (Å²) < 4.78 is 32.7. The number of halogens is 3. The fourth-order valence-corrected chi connectivity index (χ4v) is 2.63. The number of guanidine groups is 1. The van der Waals surface area contributed by atoms with Crippen LogP contribution in [-0.2, 0) is 4.74 Å². The molecule has 1 atom stereocenters. The molecule has 5 nitrogen and oxygen atoms in total. The lowest BCUT2D eigenvalue weighted by Gasteiger charge is -2.21. The lowest BCUT2D eigenvalue weighted by atomic mass is 10.2. The van der Waals surface area contributed by atoms with Crippen LogP contribution in [0.1, 0.15) is 13.3 Å². The van der Waals surface area contributed by atoms with E-state index in [1.807, 2.05) is 6.92 Å². The van der Waals surface area contributed by atoms with Crippen LogP contribution in [0.2, 0.25) is 0 Å². The Labute approximate surface area is 158 Å². The van der Waals surface area contributed by atoms with Crippen LogP contribution in [0.15, 0.2) is 23.2 Å². The van der Waals surface area contributed by atoms with Crippen LogP contribution in [0.3, 0.4) is 0 Å². The largest absolute Gasteiger partial charge is 0.383 e. The molecule has 0 bridgehead atoms. The van der Waals surface area contributed by atoms with E-state index in [1.165, 1.54) is 18.2 Å². The molecule has 8 heteroatoms. The number of anilines is 1. The van der Waals surface area contributed by atoms with Gasteiger partial charge in [-0.25, -0.2) is 8.78 Å². The molecule has 136 valence electrons. The van der Waals surface area contributed by atoms with E-state index in [4.69, 9.17) is 4.74 Å². The molecule has 1 aliphatic heterocycles. The number of hydrogen-bond donors (Lipinski definition) is 2. The van der Waals surface area contributed by atoms with Crippen LogP contribution in [-0.4, -0.2) is 51.9 Å². The highest BCUT2D eigenvalue weighted by atomic mass is 127. The van der Waals surface area contributed by atoms with Gasteiger partial charge in [-0.3, -0.25) is 4.99 Å². The van der Waals surface area contributed by atoms with Gasteiger partial charge in [0.1, 0.15) is 17.3 Å². The van der Waals surface area contributed by atoms with Crippen LogP contribution in [0.5, 0.6) is 0 Å². The zero-order chi connectivity index (χ0) is 16.7. The van der Waals surface area contributed by atoms with E-state index in [2.05, 4.69) is 15.6 Å². The summed E-state index contributed by atoms with van der Waals surface area (Å²) in [5.74, 6) is -0.344. The average molecular weight is 454 g/mol. The van der Waals surface area contributed by atoms with Gasteiger partial charge in [0.15, 0.2) is 5.96 Å². The molecule has 1 fully saturated rings. The minimum Gasteiger partial charge on any atom is -0.383 e. The maximum atomic E-state index is 13.9. The Bertz CT molecular complexity index is 525. The van der Waals surface area contributed by atoms with Crippen molar-refractivity contribution in [3.05, 3.63) is 29.8 Å². The third-order valence-electron chi connectivity index (χ3n) is 3.69. The van der Waals surface area contributed by atoms with E-state index < -0.39 is 11.6 Å². The fourth-order valence-electron chi connectivity index (χ4n) is 2.63. The summed E-state index contributed by atoms with van der Waals surface area (Å²) in [6.45, 7) is 4.98. The van der Waals surface area contributed by atoms with Crippen molar-refractivity contribution in [3.8, 4) is 0 Å². The fraction of sp³-hybridized carbons (Fsp3) is 0.562. The van der Waals surface area contributed by atoms with Gasteiger partial charge < -0.3 is 20.3 Å². The van der Waals surface area contributed by atoms with Crippen molar-refractivity contribution in [3.63, 3.8) is 0 Å². The third kappa shape index (κ3) is 5.73. The third-order valence-corrected chi connectivity index (χ3v) is 3.69. The second-order valence-corrected chi connectivity index (χ2v) is 5.40. The molecule has 1 saturated heterocycles. The number of rotatable bonds is 6. The molecule has 1 heterocycles. The van der Waals surface area contributed by atoms with Gasteiger partial charge in [-0.1, -0.05) is 6.07 Å². The second kappa shape index (κ2) is 10.7. The number of benzene rings is 1. The summed E-state index contributed by atoms with van der Waals surface area (Å²) in [5.41, 5.74) is 0.0538. The minimum absolute atomic E-state index is 0. The average Bonchev–Trinajstić information content (AvgIpc) is 2.95. The zero-order valence-electron chi connectivity index (χ0n) is 14.0. The molecule has 0 spiro atoms. The maximum Gasteiger partial charge on any atom is 0.191 e. The Morgan fingerprint density at radius 3 is 2.71 bits per heavy atom. The minimum atomic E-state index is -0.522. The predicted octanol–water partition coefficient (Wildman–Crippen LogP) is 2.36. The first-order chi connectivity index (χ1) is 11.2. The second-order valence-electron chi connectivity index (χ2n) is 5.40. The zero-order valence-corrected chi connectivity index (χ0v) is 16.3. The first-order valence-electron chi connectivity index (χ1n) is 7.88. The van der Waals surface area contributed by atoms with E-state index in [1.54, 1.807) is 12.0 Å². The molecule has 0 aliphatic carbocycles. The van der Waals surface area contributed by atoms with Gasteiger partial charge in [0.2, 0.25) is 0 Å². The van der Waals surface area contributed by atoms with Gasteiger partial charge in [0.25, 0.3) is 0 Å². The molecule has 0 radical (unpaired) electrons. The van der Waals surface area contributed by atoms with Crippen LogP contribution in [0.25, 0.3) is 0 Å². The first kappa shape index (κ1) is 20.9. The summed E-state index contributed by atoms with van der Waals surface area (Å²) in [4.78, 5) is 6.14. The summed E-state index contributed by atoms with van der Waals surface area (Å²) in [6.07, 6.45) is 0.794. The van der Waals surface area contributed by atoms with E-state index in [9.17, 15) is 8.78 Å². The van der Waals surface area contributed by atoms with E-state index in [0.717, 1.165) is 13.0 Å². The van der Waals surface area contributed by atoms with Crippen LogP contribution >= 0.6 is 24.0 Å². The molecule has 1 unspecified atom stereocenters. The monoisotopic (exact) mass is 454 g/mol. The van der Waals surface area contributed by atoms with Gasteiger partial charge in [-0.05, 0) is 25.5 Å². The Morgan fingerprint density at radius 2 is 2.08 bits per heavy atom. The highest BCUT2D eigenvalue weighted by molar-refractivity contribution is 14.0. The van der Waals surface area contributed by atoms with Crippen molar-refractivity contribution < 1.29 is 13.5 Å². The number of nitrogens with one attached hydrogen (secondary N) is 2. The van der Waals surface area contributed by atoms with E-state index >= 15 is 0 Å². The summed E-state index contributed by atoms with van der Waals surface area (Å²) in [6, 6.07) is 4.05. The molecular weight excluding hydrogens is 429 g/mol. The van der Waals surface area contributed by atoms with Crippen molar-refractivity contribution in [2.75, 3.05) is 44.8 Å². The van der Waals surface area contributed by atoms with Gasteiger partial charge in [0, 0.05) is 32.8 Å².